The molecule has 10 nitrogen and oxygen atoms in total. The van der Waals surface area contributed by atoms with Crippen molar-refractivity contribution in [2.45, 2.75) is 19.3 Å². The highest BCUT2D eigenvalue weighted by Crippen LogP contribution is 2.44. The number of methoxy groups -OCH3 is 1. The predicted molar refractivity (Wildman–Crippen MR) is 136 cm³/mol. The van der Waals surface area contributed by atoms with Crippen molar-refractivity contribution in [2.24, 2.45) is 5.41 Å². The molecule has 10 heteroatoms. The van der Waals surface area contributed by atoms with E-state index < -0.39 is 5.41 Å². The van der Waals surface area contributed by atoms with Crippen LogP contribution >= 0.6 is 0 Å². The SMILES string of the molecule is COc1cc(N2CCC3(CCN(C(=O)c4ccc(-n5cncn5)cc4)CC3)C2=O)ccc1-c1cn[nH]c1. The maximum atomic E-state index is 13.6. The number of hydrogen-bond acceptors (Lipinski definition) is 6. The van der Waals surface area contributed by atoms with E-state index in [1.807, 2.05) is 58.5 Å². The Labute approximate surface area is 213 Å². The minimum atomic E-state index is -0.426. The summed E-state index contributed by atoms with van der Waals surface area (Å²) in [5.41, 5.74) is 3.73. The normalized spacial score (nSPS) is 16.9. The van der Waals surface area contributed by atoms with Gasteiger partial charge in [-0.25, -0.2) is 9.67 Å². The summed E-state index contributed by atoms with van der Waals surface area (Å²) in [6, 6.07) is 13.2. The number of amides is 2. The number of likely N-dealkylation sites (tertiary alicyclic amines) is 1. The van der Waals surface area contributed by atoms with Gasteiger partial charge in [0.15, 0.2) is 0 Å². The molecule has 2 aliphatic rings. The van der Waals surface area contributed by atoms with Crippen LogP contribution in [0.1, 0.15) is 29.6 Å². The second kappa shape index (κ2) is 9.20. The lowest BCUT2D eigenvalue weighted by molar-refractivity contribution is -0.127. The smallest absolute Gasteiger partial charge is 0.253 e. The predicted octanol–water partition coefficient (Wildman–Crippen LogP) is 3.33. The Kier molecular flexibility index (Phi) is 5.71. The van der Waals surface area contributed by atoms with E-state index in [1.54, 1.807) is 24.3 Å². The van der Waals surface area contributed by atoms with Gasteiger partial charge in [0.05, 0.1) is 24.4 Å². The van der Waals surface area contributed by atoms with Gasteiger partial charge in [-0.15, -0.1) is 0 Å². The molecule has 2 aliphatic heterocycles. The zero-order chi connectivity index (χ0) is 25.4. The van der Waals surface area contributed by atoms with Crippen LogP contribution in [0.5, 0.6) is 5.75 Å². The zero-order valence-corrected chi connectivity index (χ0v) is 20.5. The lowest BCUT2D eigenvalue weighted by Gasteiger charge is -2.38. The Morgan fingerprint density at radius 1 is 1.03 bits per heavy atom. The van der Waals surface area contributed by atoms with Gasteiger partial charge >= 0.3 is 0 Å². The maximum absolute atomic E-state index is 13.6. The quantitative estimate of drug-likeness (QED) is 0.453. The van der Waals surface area contributed by atoms with E-state index >= 15 is 0 Å². The first-order valence-corrected chi connectivity index (χ1v) is 12.3. The Morgan fingerprint density at radius 3 is 2.46 bits per heavy atom. The molecule has 2 saturated heterocycles. The van der Waals surface area contributed by atoms with E-state index in [4.69, 9.17) is 4.74 Å². The average molecular weight is 498 g/mol. The molecule has 2 fully saturated rings. The van der Waals surface area contributed by atoms with E-state index in [-0.39, 0.29) is 11.8 Å². The molecule has 0 radical (unpaired) electrons. The fourth-order valence-corrected chi connectivity index (χ4v) is 5.43. The number of ether oxygens (including phenoxy) is 1. The standard InChI is InChI=1S/C27H27N7O3/c1-37-24-14-22(6-7-23(24)20-15-29-30-16-20)33-13-10-27(26(33)36)8-11-32(12-9-27)25(35)19-2-4-21(5-3-19)34-18-28-17-31-34/h2-7,14-18H,8-13H2,1H3,(H,29,30). The van der Waals surface area contributed by atoms with Gasteiger partial charge in [0, 0.05) is 54.3 Å². The molecule has 0 atom stereocenters. The van der Waals surface area contributed by atoms with Crippen LogP contribution in [0.3, 0.4) is 0 Å². The van der Waals surface area contributed by atoms with Gasteiger partial charge in [0.2, 0.25) is 5.91 Å². The topological polar surface area (TPSA) is 109 Å². The van der Waals surface area contributed by atoms with Gasteiger partial charge in [-0.2, -0.15) is 10.2 Å². The van der Waals surface area contributed by atoms with Gasteiger partial charge in [-0.3, -0.25) is 14.7 Å². The molecule has 0 aliphatic carbocycles. The molecule has 0 unspecified atom stereocenters. The molecule has 0 saturated carbocycles. The van der Waals surface area contributed by atoms with Crippen LogP contribution in [0, 0.1) is 5.41 Å². The second-order valence-electron chi connectivity index (χ2n) is 9.54. The number of anilines is 1. The number of piperidine rings is 1. The highest BCUT2D eigenvalue weighted by atomic mass is 16.5. The molecule has 2 aromatic carbocycles. The van der Waals surface area contributed by atoms with Crippen molar-refractivity contribution in [3.63, 3.8) is 0 Å². The third-order valence-electron chi connectivity index (χ3n) is 7.62. The Morgan fingerprint density at radius 2 is 1.78 bits per heavy atom. The Hall–Kier alpha value is -4.47. The molecular formula is C27H27N7O3. The van der Waals surface area contributed by atoms with Crippen molar-refractivity contribution < 1.29 is 14.3 Å². The highest BCUT2D eigenvalue weighted by molar-refractivity contribution is 6.01. The fraction of sp³-hybridized carbons (Fsp3) is 0.296. The molecule has 4 aromatic rings. The summed E-state index contributed by atoms with van der Waals surface area (Å²) in [6.45, 7) is 1.78. The number of carbonyl (C=O) groups excluding carboxylic acids is 2. The molecule has 4 heterocycles. The summed E-state index contributed by atoms with van der Waals surface area (Å²) < 4.78 is 7.27. The maximum Gasteiger partial charge on any atom is 0.253 e. The molecule has 0 bridgehead atoms. The molecule has 37 heavy (non-hydrogen) atoms. The van der Waals surface area contributed by atoms with Crippen LogP contribution in [0.2, 0.25) is 0 Å². The zero-order valence-electron chi connectivity index (χ0n) is 20.5. The first kappa shape index (κ1) is 23.0. The average Bonchev–Trinajstić information content (AvgIpc) is 3.72. The number of nitrogens with one attached hydrogen (secondary N) is 1. The largest absolute Gasteiger partial charge is 0.496 e. The lowest BCUT2D eigenvalue weighted by atomic mass is 9.77. The van der Waals surface area contributed by atoms with Crippen LogP contribution in [-0.2, 0) is 4.79 Å². The minimum absolute atomic E-state index is 0.0122. The van der Waals surface area contributed by atoms with Gasteiger partial charge in [0.25, 0.3) is 5.91 Å². The molecule has 1 N–H and O–H groups in total. The van der Waals surface area contributed by atoms with Gasteiger partial charge < -0.3 is 14.5 Å². The first-order chi connectivity index (χ1) is 18.1. The van der Waals surface area contributed by atoms with Crippen LogP contribution < -0.4 is 9.64 Å². The van der Waals surface area contributed by atoms with Crippen molar-refractivity contribution >= 4 is 17.5 Å². The molecule has 2 amide bonds. The van der Waals surface area contributed by atoms with Gasteiger partial charge in [-0.1, -0.05) is 0 Å². The van der Waals surface area contributed by atoms with Gasteiger partial charge in [0.1, 0.15) is 18.4 Å². The van der Waals surface area contributed by atoms with Crippen LogP contribution in [0.15, 0.2) is 67.5 Å². The Balaban J connectivity index is 1.13. The minimum Gasteiger partial charge on any atom is -0.496 e. The van der Waals surface area contributed by atoms with Crippen molar-refractivity contribution in [3.8, 4) is 22.6 Å². The van der Waals surface area contributed by atoms with Gasteiger partial charge in [-0.05, 0) is 55.7 Å². The molecule has 2 aromatic heterocycles. The summed E-state index contributed by atoms with van der Waals surface area (Å²) in [6.07, 6.45) is 8.76. The van der Waals surface area contributed by atoms with Crippen LogP contribution in [-0.4, -0.2) is 68.4 Å². The third kappa shape index (κ3) is 4.04. The van der Waals surface area contributed by atoms with Crippen molar-refractivity contribution in [3.05, 3.63) is 73.1 Å². The van der Waals surface area contributed by atoms with Crippen molar-refractivity contribution in [2.75, 3.05) is 31.6 Å². The highest BCUT2D eigenvalue weighted by Gasteiger charge is 2.49. The number of aromatic amines is 1. The van der Waals surface area contributed by atoms with Crippen molar-refractivity contribution in [1.82, 2.24) is 29.9 Å². The second-order valence-corrected chi connectivity index (χ2v) is 9.54. The number of H-pyrrole nitrogens is 1. The van der Waals surface area contributed by atoms with E-state index in [9.17, 15) is 9.59 Å². The van der Waals surface area contributed by atoms with E-state index in [0.29, 0.717) is 43.8 Å². The monoisotopic (exact) mass is 497 g/mol. The van der Waals surface area contributed by atoms with E-state index in [1.165, 1.54) is 6.33 Å². The summed E-state index contributed by atoms with van der Waals surface area (Å²) in [5, 5.41) is 11.0. The number of nitrogens with zero attached hydrogens (tertiary/aromatic N) is 6. The first-order valence-electron chi connectivity index (χ1n) is 12.3. The number of benzene rings is 2. The summed E-state index contributed by atoms with van der Waals surface area (Å²) in [5.74, 6) is 0.819. The number of hydrogen-bond donors (Lipinski definition) is 1. The number of aromatic nitrogens is 5. The van der Waals surface area contributed by atoms with E-state index in [0.717, 1.165) is 28.9 Å². The molecule has 6 rings (SSSR count). The van der Waals surface area contributed by atoms with Crippen LogP contribution in [0.4, 0.5) is 5.69 Å². The molecule has 1 spiro atoms. The molecular weight excluding hydrogens is 470 g/mol. The number of carbonyl (C=O) groups is 2. The fourth-order valence-electron chi connectivity index (χ4n) is 5.43. The van der Waals surface area contributed by atoms with E-state index in [2.05, 4.69) is 20.3 Å². The van der Waals surface area contributed by atoms with Crippen molar-refractivity contribution in [1.29, 1.82) is 0 Å². The van der Waals surface area contributed by atoms with Crippen LogP contribution in [0.25, 0.3) is 16.8 Å². The summed E-state index contributed by atoms with van der Waals surface area (Å²) in [4.78, 5) is 34.5. The molecule has 188 valence electrons. The Bertz CT molecular complexity index is 1410. The summed E-state index contributed by atoms with van der Waals surface area (Å²) >= 11 is 0. The summed E-state index contributed by atoms with van der Waals surface area (Å²) in [7, 11) is 1.63. The third-order valence-corrected chi connectivity index (χ3v) is 7.62. The lowest BCUT2D eigenvalue weighted by Crippen LogP contribution is -2.46. The number of rotatable bonds is 5.